The number of ether oxygens (including phenoxy) is 2. The van der Waals surface area contributed by atoms with Crippen molar-refractivity contribution < 1.29 is 14.3 Å². The largest absolute Gasteiger partial charge is 0.465 e. The molecule has 3 heteroatoms. The summed E-state index contributed by atoms with van der Waals surface area (Å²) < 4.78 is 11.4. The highest BCUT2D eigenvalue weighted by atomic mass is 16.5. The van der Waals surface area contributed by atoms with Crippen LogP contribution < -0.4 is 0 Å². The molecule has 3 rings (SSSR count). The predicted octanol–water partition coefficient (Wildman–Crippen LogP) is 3.58. The van der Waals surface area contributed by atoms with Gasteiger partial charge < -0.3 is 9.47 Å². The van der Waals surface area contributed by atoms with Crippen LogP contribution in [0.2, 0.25) is 0 Å². The number of carbonyl (C=O) groups excluding carboxylic acids is 1. The zero-order chi connectivity index (χ0) is 15.3. The Morgan fingerprint density at radius 3 is 2.95 bits per heavy atom. The third-order valence-corrected chi connectivity index (χ3v) is 6.37. The van der Waals surface area contributed by atoms with E-state index in [9.17, 15) is 4.79 Å². The summed E-state index contributed by atoms with van der Waals surface area (Å²) in [4.78, 5) is 11.3. The first-order chi connectivity index (χ1) is 9.86. The fraction of sp³-hybridized carbons (Fsp3) is 0.833. The maximum atomic E-state index is 11.3. The molecule has 1 saturated heterocycles. The Balaban J connectivity index is 1.93. The number of allylic oxidation sites excluding steroid dienone is 1. The highest BCUT2D eigenvalue weighted by molar-refractivity contribution is 5.65. The Hall–Kier alpha value is -0.830. The van der Waals surface area contributed by atoms with E-state index in [1.165, 1.54) is 19.8 Å². The van der Waals surface area contributed by atoms with E-state index in [0.29, 0.717) is 29.8 Å². The molecule has 118 valence electrons. The Bertz CT molecular complexity index is 465. The van der Waals surface area contributed by atoms with Crippen molar-refractivity contribution in [3.8, 4) is 0 Å². The Morgan fingerprint density at radius 1 is 1.48 bits per heavy atom. The summed E-state index contributed by atoms with van der Waals surface area (Å²) in [5.74, 6) is 1.48. The number of esters is 1. The minimum absolute atomic E-state index is 0.00516. The molecule has 4 atom stereocenters. The number of fused-ring (bicyclic) bond motifs is 4. The van der Waals surface area contributed by atoms with Gasteiger partial charge in [0, 0.05) is 18.3 Å². The number of rotatable bonds is 2. The summed E-state index contributed by atoms with van der Waals surface area (Å²) in [6.07, 6.45) is 6.02. The van der Waals surface area contributed by atoms with E-state index >= 15 is 0 Å². The number of hydrogen-bond donors (Lipinski definition) is 0. The molecule has 0 aromatic heterocycles. The van der Waals surface area contributed by atoms with Crippen LogP contribution in [0.15, 0.2) is 11.6 Å². The second-order valence-corrected chi connectivity index (χ2v) is 8.04. The molecule has 0 spiro atoms. The van der Waals surface area contributed by atoms with Crippen molar-refractivity contribution >= 4 is 5.97 Å². The van der Waals surface area contributed by atoms with Gasteiger partial charge in [-0.3, -0.25) is 4.79 Å². The van der Waals surface area contributed by atoms with E-state index in [1.54, 1.807) is 5.57 Å². The Kier molecular flexibility index (Phi) is 3.67. The van der Waals surface area contributed by atoms with Gasteiger partial charge in [0.15, 0.2) is 0 Å². The van der Waals surface area contributed by atoms with Gasteiger partial charge in [-0.05, 0) is 36.5 Å². The summed E-state index contributed by atoms with van der Waals surface area (Å²) in [7, 11) is 0. The molecular formula is C18H28O3. The third-order valence-electron chi connectivity index (χ3n) is 6.37. The van der Waals surface area contributed by atoms with Crippen LogP contribution in [0.4, 0.5) is 0 Å². The van der Waals surface area contributed by atoms with E-state index < -0.39 is 0 Å². The first-order valence-electron chi connectivity index (χ1n) is 8.27. The van der Waals surface area contributed by atoms with Gasteiger partial charge in [-0.15, -0.1) is 0 Å². The van der Waals surface area contributed by atoms with Crippen LogP contribution in [0.5, 0.6) is 0 Å². The van der Waals surface area contributed by atoms with Crippen LogP contribution in [0.1, 0.15) is 47.0 Å². The first kappa shape index (κ1) is 15.1. The highest BCUT2D eigenvalue weighted by Crippen LogP contribution is 2.59. The van der Waals surface area contributed by atoms with Gasteiger partial charge in [0.05, 0.1) is 19.8 Å². The number of hydrogen-bond acceptors (Lipinski definition) is 3. The molecule has 2 unspecified atom stereocenters. The first-order valence-corrected chi connectivity index (χ1v) is 8.27. The zero-order valence-electron chi connectivity index (χ0n) is 13.8. The molecule has 2 fully saturated rings. The average molecular weight is 292 g/mol. The quantitative estimate of drug-likeness (QED) is 0.576. The second-order valence-electron chi connectivity index (χ2n) is 8.04. The van der Waals surface area contributed by atoms with Crippen LogP contribution in [-0.4, -0.2) is 25.8 Å². The maximum absolute atomic E-state index is 11.3. The topological polar surface area (TPSA) is 35.5 Å². The van der Waals surface area contributed by atoms with Crippen LogP contribution >= 0.6 is 0 Å². The van der Waals surface area contributed by atoms with Crippen molar-refractivity contribution in [2.45, 2.75) is 47.0 Å². The molecule has 3 nitrogen and oxygen atoms in total. The molecule has 2 bridgehead atoms. The van der Waals surface area contributed by atoms with Gasteiger partial charge in [0.25, 0.3) is 0 Å². The van der Waals surface area contributed by atoms with Crippen molar-refractivity contribution in [2.24, 2.45) is 28.6 Å². The van der Waals surface area contributed by atoms with E-state index in [4.69, 9.17) is 9.47 Å². The SMILES string of the molecule is CC(=O)OC[C@]12COC[C@H](C3=CCCC(C)(C)C3C1)C2C. The van der Waals surface area contributed by atoms with Gasteiger partial charge in [0.2, 0.25) is 0 Å². The van der Waals surface area contributed by atoms with Gasteiger partial charge in [-0.1, -0.05) is 32.4 Å². The molecule has 2 aliphatic carbocycles. The third kappa shape index (κ3) is 2.44. The molecule has 1 aliphatic heterocycles. The predicted molar refractivity (Wildman–Crippen MR) is 81.7 cm³/mol. The van der Waals surface area contributed by atoms with E-state index in [-0.39, 0.29) is 11.4 Å². The molecule has 1 heterocycles. The van der Waals surface area contributed by atoms with Gasteiger partial charge in [-0.2, -0.15) is 0 Å². The summed E-state index contributed by atoms with van der Waals surface area (Å²) in [5.41, 5.74) is 1.98. The van der Waals surface area contributed by atoms with Gasteiger partial charge in [-0.25, -0.2) is 0 Å². The molecule has 0 radical (unpaired) electrons. The van der Waals surface area contributed by atoms with E-state index in [0.717, 1.165) is 19.6 Å². The lowest BCUT2D eigenvalue weighted by Gasteiger charge is -2.58. The molecule has 21 heavy (non-hydrogen) atoms. The standard InChI is InChI=1S/C18H28O3/c1-12-15-9-20-10-18(12,11-21-13(2)19)8-16-14(15)6-5-7-17(16,3)4/h6,12,15-16H,5,7-11H2,1-4H3/t12?,15-,16?,18+/m0/s1. The van der Waals surface area contributed by atoms with Gasteiger partial charge in [0.1, 0.15) is 0 Å². The molecule has 0 aromatic rings. The molecule has 1 saturated carbocycles. The van der Waals surface area contributed by atoms with Crippen LogP contribution in [0.3, 0.4) is 0 Å². The molecule has 3 aliphatic rings. The summed E-state index contributed by atoms with van der Waals surface area (Å²) in [6.45, 7) is 10.7. The highest BCUT2D eigenvalue weighted by Gasteiger charge is 2.55. The van der Waals surface area contributed by atoms with Crippen LogP contribution in [-0.2, 0) is 14.3 Å². The number of carbonyl (C=O) groups is 1. The minimum atomic E-state index is -0.178. The van der Waals surface area contributed by atoms with Crippen LogP contribution in [0, 0.1) is 28.6 Å². The lowest BCUT2D eigenvalue weighted by molar-refractivity contribution is -0.166. The summed E-state index contributed by atoms with van der Waals surface area (Å²) in [5, 5.41) is 0. The molecule has 0 aromatic carbocycles. The lowest BCUT2D eigenvalue weighted by atomic mass is 9.50. The van der Waals surface area contributed by atoms with Crippen molar-refractivity contribution in [3.05, 3.63) is 11.6 Å². The molecule has 0 N–H and O–H groups in total. The fourth-order valence-corrected chi connectivity index (χ4v) is 4.79. The van der Waals surface area contributed by atoms with Crippen LogP contribution in [0.25, 0.3) is 0 Å². The van der Waals surface area contributed by atoms with Crippen molar-refractivity contribution in [1.82, 2.24) is 0 Å². The monoisotopic (exact) mass is 292 g/mol. The maximum Gasteiger partial charge on any atom is 0.302 e. The van der Waals surface area contributed by atoms with Gasteiger partial charge >= 0.3 is 5.97 Å². The molecular weight excluding hydrogens is 264 g/mol. The fourth-order valence-electron chi connectivity index (χ4n) is 4.79. The Morgan fingerprint density at radius 2 is 2.24 bits per heavy atom. The second kappa shape index (κ2) is 5.12. The lowest BCUT2D eigenvalue weighted by Crippen LogP contribution is -2.56. The Labute approximate surface area is 128 Å². The van der Waals surface area contributed by atoms with E-state index in [2.05, 4.69) is 26.8 Å². The zero-order valence-corrected chi connectivity index (χ0v) is 13.8. The van der Waals surface area contributed by atoms with Crippen molar-refractivity contribution in [1.29, 1.82) is 0 Å². The van der Waals surface area contributed by atoms with Crippen molar-refractivity contribution in [3.63, 3.8) is 0 Å². The molecule has 0 amide bonds. The summed E-state index contributed by atoms with van der Waals surface area (Å²) >= 11 is 0. The smallest absolute Gasteiger partial charge is 0.302 e. The minimum Gasteiger partial charge on any atom is -0.465 e. The average Bonchev–Trinajstić information content (AvgIpc) is 2.39. The van der Waals surface area contributed by atoms with Crippen molar-refractivity contribution in [2.75, 3.05) is 19.8 Å². The summed E-state index contributed by atoms with van der Waals surface area (Å²) in [6, 6.07) is 0. The van der Waals surface area contributed by atoms with E-state index in [1.807, 2.05) is 0 Å². The normalized spacial score (nSPS) is 41.0.